The molecule has 0 bridgehead atoms. The number of carbonyl (C=O) groups excluding carboxylic acids is 1. The zero-order chi connectivity index (χ0) is 20.5. The smallest absolute Gasteiger partial charge is 0.240 e. The lowest BCUT2D eigenvalue weighted by Crippen LogP contribution is -2.27. The molecule has 0 aromatic heterocycles. The first-order valence-electron chi connectivity index (χ1n) is 8.93. The molecular formula is C20H22FN3O3S. The zero-order valence-electron chi connectivity index (χ0n) is 16.0. The van der Waals surface area contributed by atoms with Gasteiger partial charge in [0, 0.05) is 26.0 Å². The number of amides is 1. The fraction of sp³-hybridized carbons (Fsp3) is 0.300. The molecule has 0 spiro atoms. The van der Waals surface area contributed by atoms with E-state index in [-0.39, 0.29) is 17.5 Å². The maximum absolute atomic E-state index is 14.2. The zero-order valence-corrected chi connectivity index (χ0v) is 16.8. The second-order valence-corrected chi connectivity index (χ2v) is 8.86. The molecule has 0 radical (unpaired) electrons. The third-order valence-electron chi connectivity index (χ3n) is 4.84. The van der Waals surface area contributed by atoms with Crippen LogP contribution in [-0.4, -0.2) is 37.8 Å². The van der Waals surface area contributed by atoms with Crippen molar-refractivity contribution in [1.29, 1.82) is 0 Å². The molecule has 1 unspecified atom stereocenters. The number of hydrogen-bond acceptors (Lipinski definition) is 4. The van der Waals surface area contributed by atoms with Gasteiger partial charge in [0.05, 0.1) is 23.2 Å². The third-order valence-corrected chi connectivity index (χ3v) is 6.62. The Labute approximate surface area is 164 Å². The first-order chi connectivity index (χ1) is 13.2. The molecule has 6 nitrogen and oxygen atoms in total. The largest absolute Gasteiger partial charge is 0.273 e. The highest BCUT2D eigenvalue weighted by Crippen LogP contribution is 2.34. The van der Waals surface area contributed by atoms with Crippen LogP contribution in [0.15, 0.2) is 53.6 Å². The van der Waals surface area contributed by atoms with E-state index in [1.807, 2.05) is 0 Å². The molecule has 2 aromatic rings. The van der Waals surface area contributed by atoms with E-state index in [4.69, 9.17) is 0 Å². The number of sulfonamides is 1. The van der Waals surface area contributed by atoms with Gasteiger partial charge in [-0.15, -0.1) is 0 Å². The summed E-state index contributed by atoms with van der Waals surface area (Å²) >= 11 is 0. The van der Waals surface area contributed by atoms with Crippen LogP contribution in [0.25, 0.3) is 0 Å². The molecule has 3 rings (SSSR count). The van der Waals surface area contributed by atoms with Crippen molar-refractivity contribution in [3.05, 3.63) is 65.5 Å². The molecule has 0 aliphatic carbocycles. The average molecular weight is 403 g/mol. The number of hydrazone groups is 1. The van der Waals surface area contributed by atoms with Crippen LogP contribution >= 0.6 is 0 Å². The highest BCUT2D eigenvalue weighted by molar-refractivity contribution is 7.92. The minimum atomic E-state index is -3.34. The lowest BCUT2D eigenvalue weighted by molar-refractivity contribution is -0.130. The van der Waals surface area contributed by atoms with Gasteiger partial charge >= 0.3 is 0 Å². The Bertz CT molecular complexity index is 1020. The predicted octanol–water partition coefficient (Wildman–Crippen LogP) is 3.31. The van der Waals surface area contributed by atoms with Gasteiger partial charge in [-0.2, -0.15) is 5.10 Å². The SMILES string of the molecule is CCS(=O)(=O)N(C)c1ccc(C2=NN(C(C)=O)C(c3ccccc3F)C2)cc1. The van der Waals surface area contributed by atoms with E-state index in [0.717, 1.165) is 5.56 Å². The van der Waals surface area contributed by atoms with Gasteiger partial charge in [-0.1, -0.05) is 30.3 Å². The van der Waals surface area contributed by atoms with E-state index in [9.17, 15) is 17.6 Å². The van der Waals surface area contributed by atoms with Crippen LogP contribution in [0, 0.1) is 5.82 Å². The van der Waals surface area contributed by atoms with Crippen molar-refractivity contribution in [3.8, 4) is 0 Å². The second kappa shape index (κ2) is 7.71. The normalized spacial score (nSPS) is 16.8. The maximum Gasteiger partial charge on any atom is 0.240 e. The van der Waals surface area contributed by atoms with Crippen molar-refractivity contribution in [3.63, 3.8) is 0 Å². The van der Waals surface area contributed by atoms with Gasteiger partial charge < -0.3 is 0 Å². The topological polar surface area (TPSA) is 70.1 Å². The van der Waals surface area contributed by atoms with Gasteiger partial charge in [0.1, 0.15) is 5.82 Å². The summed E-state index contributed by atoms with van der Waals surface area (Å²) in [5.41, 5.74) is 2.37. The van der Waals surface area contributed by atoms with Crippen molar-refractivity contribution in [2.45, 2.75) is 26.3 Å². The van der Waals surface area contributed by atoms with E-state index in [2.05, 4.69) is 5.10 Å². The van der Waals surface area contributed by atoms with Gasteiger partial charge in [0.2, 0.25) is 15.9 Å². The Morgan fingerprint density at radius 1 is 1.21 bits per heavy atom. The van der Waals surface area contributed by atoms with Crippen LogP contribution in [0.5, 0.6) is 0 Å². The van der Waals surface area contributed by atoms with E-state index >= 15 is 0 Å². The molecule has 28 heavy (non-hydrogen) atoms. The van der Waals surface area contributed by atoms with Gasteiger partial charge in [-0.05, 0) is 30.7 Å². The summed E-state index contributed by atoms with van der Waals surface area (Å²) in [5.74, 6) is -0.638. The number of anilines is 1. The standard InChI is InChI=1S/C20H22FN3O3S/c1-4-28(26,27)23(3)16-11-9-15(10-12-16)19-13-20(24(22-19)14(2)25)17-7-5-6-8-18(17)21/h5-12,20H,4,13H2,1-3H3. The van der Waals surface area contributed by atoms with Gasteiger partial charge in [-0.3, -0.25) is 9.10 Å². The van der Waals surface area contributed by atoms with Crippen molar-refractivity contribution in [1.82, 2.24) is 5.01 Å². The molecule has 8 heteroatoms. The monoisotopic (exact) mass is 403 g/mol. The van der Waals surface area contributed by atoms with Crippen molar-refractivity contribution >= 4 is 27.3 Å². The van der Waals surface area contributed by atoms with Crippen LogP contribution in [0.2, 0.25) is 0 Å². The molecule has 1 aliphatic heterocycles. The lowest BCUT2D eigenvalue weighted by atomic mass is 9.98. The summed E-state index contributed by atoms with van der Waals surface area (Å²) in [6.07, 6.45) is 0.378. The number of carbonyl (C=O) groups is 1. The van der Waals surface area contributed by atoms with Crippen LogP contribution < -0.4 is 4.31 Å². The van der Waals surface area contributed by atoms with Crippen molar-refractivity contribution in [2.75, 3.05) is 17.1 Å². The summed E-state index contributed by atoms with van der Waals surface area (Å²) in [6.45, 7) is 2.99. The summed E-state index contributed by atoms with van der Waals surface area (Å²) in [5, 5.41) is 5.70. The maximum atomic E-state index is 14.2. The van der Waals surface area contributed by atoms with Crippen molar-refractivity contribution in [2.24, 2.45) is 5.10 Å². The number of benzene rings is 2. The highest BCUT2D eigenvalue weighted by atomic mass is 32.2. The number of halogens is 1. The summed E-state index contributed by atoms with van der Waals surface area (Å²) < 4.78 is 39.5. The minimum absolute atomic E-state index is 0.00977. The molecule has 0 saturated heterocycles. The molecule has 0 saturated carbocycles. The lowest BCUT2D eigenvalue weighted by Gasteiger charge is -2.20. The van der Waals surface area contributed by atoms with Gasteiger partial charge in [0.15, 0.2) is 0 Å². The fourth-order valence-electron chi connectivity index (χ4n) is 3.18. The Morgan fingerprint density at radius 2 is 1.86 bits per heavy atom. The summed E-state index contributed by atoms with van der Waals surface area (Å²) in [7, 11) is -1.84. The van der Waals surface area contributed by atoms with E-state index < -0.39 is 16.1 Å². The Morgan fingerprint density at radius 3 is 2.43 bits per heavy atom. The Balaban J connectivity index is 1.89. The van der Waals surface area contributed by atoms with E-state index in [0.29, 0.717) is 23.4 Å². The molecule has 2 aromatic carbocycles. The fourth-order valence-corrected chi connectivity index (χ4v) is 4.01. The first-order valence-corrected chi connectivity index (χ1v) is 10.5. The minimum Gasteiger partial charge on any atom is -0.273 e. The number of hydrogen-bond donors (Lipinski definition) is 0. The van der Waals surface area contributed by atoms with Gasteiger partial charge in [0.25, 0.3) is 0 Å². The number of rotatable bonds is 5. The van der Waals surface area contributed by atoms with E-state index in [1.165, 1.54) is 29.4 Å². The molecule has 1 atom stereocenters. The Kier molecular flexibility index (Phi) is 5.51. The average Bonchev–Trinajstić information content (AvgIpc) is 3.13. The molecule has 1 heterocycles. The molecule has 0 N–H and O–H groups in total. The van der Waals surface area contributed by atoms with Crippen molar-refractivity contribution < 1.29 is 17.6 Å². The molecular weight excluding hydrogens is 381 g/mol. The predicted molar refractivity (Wildman–Crippen MR) is 107 cm³/mol. The molecule has 148 valence electrons. The summed E-state index contributed by atoms with van der Waals surface area (Å²) in [6, 6.07) is 12.8. The molecule has 1 aliphatic rings. The van der Waals surface area contributed by atoms with Crippen LogP contribution in [0.3, 0.4) is 0 Å². The first kappa shape index (κ1) is 20.0. The van der Waals surface area contributed by atoms with Crippen LogP contribution in [-0.2, 0) is 14.8 Å². The van der Waals surface area contributed by atoms with E-state index in [1.54, 1.807) is 49.4 Å². The van der Waals surface area contributed by atoms with Crippen LogP contribution in [0.4, 0.5) is 10.1 Å². The quantitative estimate of drug-likeness (QED) is 0.769. The Hall–Kier alpha value is -2.74. The highest BCUT2D eigenvalue weighted by Gasteiger charge is 2.33. The second-order valence-electron chi connectivity index (χ2n) is 6.57. The molecule has 0 fully saturated rings. The van der Waals surface area contributed by atoms with Crippen LogP contribution in [0.1, 0.15) is 37.4 Å². The molecule has 1 amide bonds. The van der Waals surface area contributed by atoms with Gasteiger partial charge in [-0.25, -0.2) is 17.8 Å². The third kappa shape index (κ3) is 3.77. The number of nitrogens with zero attached hydrogens (tertiary/aromatic N) is 3. The summed E-state index contributed by atoms with van der Waals surface area (Å²) in [4.78, 5) is 12.0.